The smallest absolute Gasteiger partial charge is 0.359 e. The monoisotopic (exact) mass is 575 g/mol. The fraction of sp³-hybridized carbons (Fsp3) is 0.333. The Morgan fingerprint density at radius 1 is 1.21 bits per heavy atom. The van der Waals surface area contributed by atoms with Gasteiger partial charge in [0.05, 0.1) is 28.7 Å². The zero-order chi connectivity index (χ0) is 27.7. The van der Waals surface area contributed by atoms with Crippen molar-refractivity contribution < 1.29 is 22.8 Å². The van der Waals surface area contributed by atoms with Crippen LogP contribution in [0.2, 0.25) is 5.02 Å². The highest BCUT2D eigenvalue weighted by Crippen LogP contribution is 2.35. The molecule has 2 aliphatic heterocycles. The molecule has 0 unspecified atom stereocenters. The summed E-state index contributed by atoms with van der Waals surface area (Å²) in [5, 5.41) is 8.38. The number of rotatable bonds is 5. The number of fused-ring (bicyclic) bond motifs is 1. The molecule has 3 heterocycles. The van der Waals surface area contributed by atoms with Crippen molar-refractivity contribution in [1.29, 1.82) is 0 Å². The van der Waals surface area contributed by atoms with Gasteiger partial charge in [-0.15, -0.1) is 0 Å². The van der Waals surface area contributed by atoms with Gasteiger partial charge in [0.25, 0.3) is 5.91 Å². The van der Waals surface area contributed by atoms with Gasteiger partial charge in [-0.2, -0.15) is 23.3 Å². The van der Waals surface area contributed by atoms with E-state index in [0.717, 1.165) is 42.9 Å². The lowest BCUT2D eigenvalue weighted by atomic mass is 9.93. The Bertz CT molecular complexity index is 1490. The molecular formula is C27H25ClF3N5O2S. The molecule has 0 aliphatic carbocycles. The van der Waals surface area contributed by atoms with Crippen LogP contribution in [0.1, 0.15) is 36.0 Å². The molecule has 1 saturated heterocycles. The second-order valence-electron chi connectivity index (χ2n) is 9.54. The molecule has 3 aromatic rings. The number of carbonyl (C=O) groups is 2. The minimum absolute atomic E-state index is 0.0195. The molecule has 2 amide bonds. The van der Waals surface area contributed by atoms with E-state index in [2.05, 4.69) is 20.3 Å². The molecule has 0 radical (unpaired) electrons. The van der Waals surface area contributed by atoms with E-state index in [9.17, 15) is 22.8 Å². The second-order valence-corrected chi connectivity index (χ2v) is 11.0. The Morgan fingerprint density at radius 2 is 1.97 bits per heavy atom. The first-order chi connectivity index (χ1) is 18.6. The third-order valence-electron chi connectivity index (χ3n) is 6.91. The van der Waals surface area contributed by atoms with Crippen molar-refractivity contribution >= 4 is 57.3 Å². The lowest BCUT2D eigenvalue weighted by Gasteiger charge is -2.32. The molecule has 0 saturated carbocycles. The van der Waals surface area contributed by atoms with Gasteiger partial charge in [-0.25, -0.2) is 0 Å². The van der Waals surface area contributed by atoms with Gasteiger partial charge in [0, 0.05) is 37.0 Å². The van der Waals surface area contributed by atoms with E-state index in [1.165, 1.54) is 28.6 Å². The largest absolute Gasteiger partial charge is 0.416 e. The molecular weight excluding hydrogens is 551 g/mol. The summed E-state index contributed by atoms with van der Waals surface area (Å²) in [6.45, 7) is 1.41. The predicted octanol–water partition coefficient (Wildman–Crippen LogP) is 5.58. The summed E-state index contributed by atoms with van der Waals surface area (Å²) in [6.07, 6.45) is 1.06. The lowest BCUT2D eigenvalue weighted by molar-refractivity contribution is -0.138. The van der Waals surface area contributed by atoms with Crippen LogP contribution in [-0.2, 0) is 22.3 Å². The zero-order valence-corrected chi connectivity index (χ0v) is 22.5. The summed E-state index contributed by atoms with van der Waals surface area (Å²) in [5.74, 6) is 0.0620. The number of nitrogens with zero attached hydrogens (tertiary/aromatic N) is 4. The normalized spacial score (nSPS) is 17.8. The third-order valence-corrected chi connectivity index (χ3v) is 8.19. The second kappa shape index (κ2) is 11.1. The van der Waals surface area contributed by atoms with Crippen molar-refractivity contribution in [3.63, 3.8) is 0 Å². The third kappa shape index (κ3) is 6.14. The van der Waals surface area contributed by atoms with E-state index < -0.39 is 11.7 Å². The van der Waals surface area contributed by atoms with Crippen LogP contribution in [0, 0.1) is 5.92 Å². The van der Waals surface area contributed by atoms with Crippen LogP contribution in [0.4, 0.5) is 13.2 Å². The number of hydrogen-bond acceptors (Lipinski definition) is 5. The average Bonchev–Trinajstić information content (AvgIpc) is 3.47. The first kappa shape index (κ1) is 27.3. The van der Waals surface area contributed by atoms with Crippen LogP contribution in [0.25, 0.3) is 17.0 Å². The number of likely N-dealkylation sites (tertiary alicyclic amines) is 1. The number of carbonyl (C=O) groups excluding carboxylic acids is 2. The summed E-state index contributed by atoms with van der Waals surface area (Å²) >= 11 is 7.13. The fourth-order valence-corrected chi connectivity index (χ4v) is 5.95. The van der Waals surface area contributed by atoms with Gasteiger partial charge >= 0.3 is 6.18 Å². The van der Waals surface area contributed by atoms with Gasteiger partial charge in [-0.3, -0.25) is 14.3 Å². The summed E-state index contributed by atoms with van der Waals surface area (Å²) in [5.41, 5.74) is 0.713. The van der Waals surface area contributed by atoms with E-state index in [4.69, 9.17) is 11.6 Å². The van der Waals surface area contributed by atoms with E-state index in [-0.39, 0.29) is 28.9 Å². The number of amidine groups is 1. The Morgan fingerprint density at radius 3 is 2.69 bits per heavy atom. The van der Waals surface area contributed by atoms with Crippen LogP contribution in [0.5, 0.6) is 0 Å². The number of nitrogens with one attached hydrogen (secondary N) is 1. The number of piperidine rings is 1. The molecule has 2 aromatic carbocycles. The topological polar surface area (TPSA) is 79.6 Å². The average molecular weight is 576 g/mol. The van der Waals surface area contributed by atoms with Crippen LogP contribution in [-0.4, -0.2) is 51.8 Å². The molecule has 2 aliphatic rings. The van der Waals surface area contributed by atoms with Crippen molar-refractivity contribution in [3.8, 4) is 0 Å². The number of thioether (sulfide) groups is 1. The molecule has 12 heteroatoms. The molecule has 7 nitrogen and oxygen atoms in total. The zero-order valence-electron chi connectivity index (χ0n) is 21.0. The molecule has 5 rings (SSSR count). The van der Waals surface area contributed by atoms with Crippen molar-refractivity contribution in [1.82, 2.24) is 20.0 Å². The van der Waals surface area contributed by atoms with Crippen LogP contribution >= 0.6 is 23.4 Å². The van der Waals surface area contributed by atoms with Gasteiger partial charge in [-0.05, 0) is 72.0 Å². The molecule has 1 aromatic heterocycles. The van der Waals surface area contributed by atoms with Crippen molar-refractivity contribution in [3.05, 3.63) is 69.2 Å². The number of aromatic nitrogens is 2. The predicted molar refractivity (Wildman–Crippen MR) is 146 cm³/mol. The van der Waals surface area contributed by atoms with E-state index in [1.807, 2.05) is 6.07 Å². The quantitative estimate of drug-likeness (QED) is 0.402. The van der Waals surface area contributed by atoms with Gasteiger partial charge in [0.15, 0.2) is 5.17 Å². The molecule has 204 valence electrons. The first-order valence-corrected chi connectivity index (χ1v) is 13.6. The maximum atomic E-state index is 13.5. The summed E-state index contributed by atoms with van der Waals surface area (Å²) in [4.78, 5) is 31.1. The molecule has 0 spiro atoms. The lowest BCUT2D eigenvalue weighted by Crippen LogP contribution is -2.37. The van der Waals surface area contributed by atoms with E-state index in [1.54, 1.807) is 31.5 Å². The number of hydrogen-bond donors (Lipinski definition) is 1. The summed E-state index contributed by atoms with van der Waals surface area (Å²) < 4.78 is 42.1. The number of alkyl halides is 3. The van der Waals surface area contributed by atoms with Gasteiger partial charge in [0.2, 0.25) is 5.91 Å². The van der Waals surface area contributed by atoms with Crippen LogP contribution in [0.15, 0.2) is 52.5 Å². The number of amides is 2. The van der Waals surface area contributed by atoms with Crippen molar-refractivity contribution in [2.75, 3.05) is 20.1 Å². The Hall–Kier alpha value is -3.31. The Balaban J connectivity index is 1.28. The maximum absolute atomic E-state index is 13.5. The van der Waals surface area contributed by atoms with E-state index in [0.29, 0.717) is 27.9 Å². The first-order valence-electron chi connectivity index (χ1n) is 12.4. The maximum Gasteiger partial charge on any atom is 0.416 e. The number of benzene rings is 2. The highest BCUT2D eigenvalue weighted by molar-refractivity contribution is 8.18. The van der Waals surface area contributed by atoms with E-state index >= 15 is 0 Å². The molecule has 1 N–H and O–H groups in total. The van der Waals surface area contributed by atoms with Crippen molar-refractivity contribution in [2.45, 2.75) is 32.0 Å². The summed E-state index contributed by atoms with van der Waals surface area (Å²) in [6, 6.07) is 9.14. The molecule has 0 atom stereocenters. The fourth-order valence-electron chi connectivity index (χ4n) is 4.81. The molecule has 1 fully saturated rings. The minimum atomic E-state index is -4.53. The SMILES string of the molecule is CNC(=O)CC1CCN(C2=NC(=O)C(=Cc3ccc4c(cnn4Cc4ccc(Cl)cc4C(F)(F)F)c3)S2)CC1. The number of aliphatic imine (C=N–C) groups is 1. The Labute approximate surface area is 232 Å². The molecule has 0 bridgehead atoms. The van der Waals surface area contributed by atoms with Crippen molar-refractivity contribution in [2.24, 2.45) is 10.9 Å². The minimum Gasteiger partial charge on any atom is -0.359 e. The highest BCUT2D eigenvalue weighted by atomic mass is 35.5. The Kier molecular flexibility index (Phi) is 7.73. The van der Waals surface area contributed by atoms with Gasteiger partial charge < -0.3 is 10.2 Å². The van der Waals surface area contributed by atoms with Gasteiger partial charge in [0.1, 0.15) is 0 Å². The summed E-state index contributed by atoms with van der Waals surface area (Å²) in [7, 11) is 1.64. The van der Waals surface area contributed by atoms with Gasteiger partial charge in [-0.1, -0.05) is 23.7 Å². The highest BCUT2D eigenvalue weighted by Gasteiger charge is 2.34. The molecule has 39 heavy (non-hydrogen) atoms. The number of halogens is 4. The van der Waals surface area contributed by atoms with Crippen LogP contribution in [0.3, 0.4) is 0 Å². The van der Waals surface area contributed by atoms with Crippen LogP contribution < -0.4 is 5.32 Å². The standard InChI is InChI=1S/C27H25ClF3N5O2S/c1-32-24(37)12-16-6-8-35(9-7-16)26-34-25(38)23(39-26)11-17-2-5-22-19(10-17)14-33-36(22)15-18-3-4-20(28)13-21(18)27(29,30)31/h2-5,10-11,13-14,16H,6-9,12,15H2,1H3,(H,32,37).